The summed E-state index contributed by atoms with van der Waals surface area (Å²) in [6, 6.07) is 9.63. The lowest BCUT2D eigenvalue weighted by atomic mass is 10.0. The Hall–Kier alpha value is -1.75. The molecule has 0 heterocycles. The molecule has 0 amide bonds. The largest absolute Gasteiger partial charge is 0.468 e. The van der Waals surface area contributed by atoms with E-state index in [0.717, 1.165) is 5.56 Å². The number of ether oxygens (including phenoxy) is 1. The van der Waals surface area contributed by atoms with Gasteiger partial charge in [0.25, 0.3) is 0 Å². The summed E-state index contributed by atoms with van der Waals surface area (Å²) in [5, 5.41) is 0. The van der Waals surface area contributed by atoms with Crippen molar-refractivity contribution >= 4 is 5.97 Å². The van der Waals surface area contributed by atoms with E-state index in [2.05, 4.69) is 10.7 Å². The van der Waals surface area contributed by atoms with Crippen molar-refractivity contribution in [3.63, 3.8) is 0 Å². The zero-order valence-corrected chi connectivity index (χ0v) is 8.07. The quantitative estimate of drug-likeness (QED) is 0.532. The van der Waals surface area contributed by atoms with E-state index >= 15 is 0 Å². The second kappa shape index (κ2) is 5.08. The maximum absolute atomic E-state index is 11.2. The van der Waals surface area contributed by atoms with Gasteiger partial charge in [-0.2, -0.15) is 0 Å². The number of carbonyl (C=O) groups excluding carboxylic acids is 1. The van der Waals surface area contributed by atoms with Gasteiger partial charge < -0.3 is 4.74 Å². The van der Waals surface area contributed by atoms with Gasteiger partial charge in [0.1, 0.15) is 5.92 Å². The van der Waals surface area contributed by atoms with Crippen LogP contribution in [0.4, 0.5) is 0 Å². The number of hydrogen-bond donors (Lipinski definition) is 0. The molecule has 0 aliphatic carbocycles. The maximum Gasteiger partial charge on any atom is 0.321 e. The standard InChI is InChI=1S/C12H12O2/c1-3-11(12(13)14-2)9-10-7-5-4-6-8-10/h1,4-8,11H,9H2,2H3. The molecule has 1 rings (SSSR count). The van der Waals surface area contributed by atoms with Crippen LogP contribution in [0.3, 0.4) is 0 Å². The van der Waals surface area contributed by atoms with Gasteiger partial charge in [-0.3, -0.25) is 4.79 Å². The van der Waals surface area contributed by atoms with Crippen molar-refractivity contribution in [1.82, 2.24) is 0 Å². The van der Waals surface area contributed by atoms with Crippen molar-refractivity contribution in [2.24, 2.45) is 5.92 Å². The third-order valence-electron chi connectivity index (χ3n) is 1.97. The Morgan fingerprint density at radius 1 is 1.50 bits per heavy atom. The highest BCUT2D eigenvalue weighted by atomic mass is 16.5. The first-order valence-corrected chi connectivity index (χ1v) is 4.36. The summed E-state index contributed by atoms with van der Waals surface area (Å²) in [5.41, 5.74) is 1.04. The average molecular weight is 188 g/mol. The van der Waals surface area contributed by atoms with Gasteiger partial charge in [-0.25, -0.2) is 0 Å². The Bertz CT molecular complexity index is 335. The van der Waals surface area contributed by atoms with E-state index < -0.39 is 5.92 Å². The molecule has 1 aromatic carbocycles. The molecule has 1 aromatic rings. The van der Waals surface area contributed by atoms with E-state index in [0.29, 0.717) is 6.42 Å². The number of rotatable bonds is 3. The summed E-state index contributed by atoms with van der Waals surface area (Å²) in [5.74, 6) is 1.59. The lowest BCUT2D eigenvalue weighted by molar-refractivity contribution is -0.143. The maximum atomic E-state index is 11.2. The van der Waals surface area contributed by atoms with E-state index in [1.165, 1.54) is 7.11 Å². The first kappa shape index (κ1) is 10.3. The minimum atomic E-state index is -0.484. The van der Waals surface area contributed by atoms with E-state index in [-0.39, 0.29) is 5.97 Å². The number of carbonyl (C=O) groups is 1. The first-order chi connectivity index (χ1) is 6.77. The number of terminal acetylenes is 1. The van der Waals surface area contributed by atoms with Crippen LogP contribution in [0.2, 0.25) is 0 Å². The molecule has 0 radical (unpaired) electrons. The fourth-order valence-corrected chi connectivity index (χ4v) is 1.20. The number of benzene rings is 1. The van der Waals surface area contributed by atoms with Gasteiger partial charge in [0.2, 0.25) is 0 Å². The normalized spacial score (nSPS) is 11.4. The van der Waals surface area contributed by atoms with E-state index in [9.17, 15) is 4.79 Å². The second-order valence-corrected chi connectivity index (χ2v) is 2.93. The van der Waals surface area contributed by atoms with Crippen molar-refractivity contribution in [3.05, 3.63) is 35.9 Å². The molecule has 0 saturated heterocycles. The Morgan fingerprint density at radius 2 is 2.14 bits per heavy atom. The first-order valence-electron chi connectivity index (χ1n) is 4.36. The lowest BCUT2D eigenvalue weighted by Gasteiger charge is -2.07. The van der Waals surface area contributed by atoms with Gasteiger partial charge in [-0.15, -0.1) is 6.42 Å². The van der Waals surface area contributed by atoms with Gasteiger partial charge >= 0.3 is 5.97 Å². The van der Waals surface area contributed by atoms with Gasteiger partial charge in [0, 0.05) is 0 Å². The van der Waals surface area contributed by atoms with Crippen LogP contribution in [-0.2, 0) is 16.0 Å². The minimum absolute atomic E-state index is 0.351. The highest BCUT2D eigenvalue weighted by Crippen LogP contribution is 2.09. The Labute approximate surface area is 83.9 Å². The summed E-state index contributed by atoms with van der Waals surface area (Å²) in [7, 11) is 1.34. The van der Waals surface area contributed by atoms with Crippen molar-refractivity contribution in [3.8, 4) is 12.3 Å². The smallest absolute Gasteiger partial charge is 0.321 e. The van der Waals surface area contributed by atoms with Crippen LogP contribution in [-0.4, -0.2) is 13.1 Å². The molecule has 0 aromatic heterocycles. The number of methoxy groups -OCH3 is 1. The van der Waals surface area contributed by atoms with E-state index in [1.807, 2.05) is 30.3 Å². The van der Waals surface area contributed by atoms with Crippen LogP contribution >= 0.6 is 0 Å². The molecule has 0 fully saturated rings. The molecular formula is C12H12O2. The van der Waals surface area contributed by atoms with Crippen molar-refractivity contribution in [2.45, 2.75) is 6.42 Å². The highest BCUT2D eigenvalue weighted by molar-refractivity contribution is 5.75. The molecule has 0 spiro atoms. The van der Waals surface area contributed by atoms with Crippen LogP contribution in [0.5, 0.6) is 0 Å². The second-order valence-electron chi connectivity index (χ2n) is 2.93. The Kier molecular flexibility index (Phi) is 3.75. The molecule has 0 aliphatic heterocycles. The van der Waals surface area contributed by atoms with Gasteiger partial charge in [0.15, 0.2) is 0 Å². The minimum Gasteiger partial charge on any atom is -0.468 e. The molecule has 14 heavy (non-hydrogen) atoms. The van der Waals surface area contributed by atoms with Crippen LogP contribution in [0.15, 0.2) is 30.3 Å². The predicted octanol–water partition coefficient (Wildman–Crippen LogP) is 1.65. The zero-order valence-electron chi connectivity index (χ0n) is 8.07. The lowest BCUT2D eigenvalue weighted by Crippen LogP contribution is -2.16. The monoisotopic (exact) mass is 188 g/mol. The summed E-state index contributed by atoms with van der Waals surface area (Å²) >= 11 is 0. The number of esters is 1. The fourth-order valence-electron chi connectivity index (χ4n) is 1.20. The van der Waals surface area contributed by atoms with Crippen LogP contribution < -0.4 is 0 Å². The molecule has 1 atom stereocenters. The topological polar surface area (TPSA) is 26.3 Å². The zero-order chi connectivity index (χ0) is 10.4. The molecule has 0 bridgehead atoms. The Morgan fingerprint density at radius 3 is 2.64 bits per heavy atom. The van der Waals surface area contributed by atoms with Gasteiger partial charge in [-0.1, -0.05) is 36.3 Å². The summed E-state index contributed by atoms with van der Waals surface area (Å²) in [4.78, 5) is 11.2. The molecule has 2 nitrogen and oxygen atoms in total. The van der Waals surface area contributed by atoms with Crippen molar-refractivity contribution < 1.29 is 9.53 Å². The summed E-state index contributed by atoms with van der Waals surface area (Å²) in [6.07, 6.45) is 5.78. The summed E-state index contributed by atoms with van der Waals surface area (Å²) in [6.45, 7) is 0. The van der Waals surface area contributed by atoms with Crippen LogP contribution in [0, 0.1) is 18.3 Å². The van der Waals surface area contributed by atoms with Crippen molar-refractivity contribution in [2.75, 3.05) is 7.11 Å². The third-order valence-corrected chi connectivity index (χ3v) is 1.97. The van der Waals surface area contributed by atoms with E-state index in [4.69, 9.17) is 6.42 Å². The predicted molar refractivity (Wildman–Crippen MR) is 54.5 cm³/mol. The Balaban J connectivity index is 2.68. The third kappa shape index (κ3) is 2.63. The van der Waals surface area contributed by atoms with Crippen LogP contribution in [0.1, 0.15) is 5.56 Å². The molecule has 72 valence electrons. The average Bonchev–Trinajstić information content (AvgIpc) is 2.26. The van der Waals surface area contributed by atoms with Crippen molar-refractivity contribution in [1.29, 1.82) is 0 Å². The fraction of sp³-hybridized carbons (Fsp3) is 0.250. The number of hydrogen-bond acceptors (Lipinski definition) is 2. The molecule has 1 unspecified atom stereocenters. The SMILES string of the molecule is C#CC(Cc1ccccc1)C(=O)OC. The molecule has 0 N–H and O–H groups in total. The molecular weight excluding hydrogens is 176 g/mol. The van der Waals surface area contributed by atoms with Crippen LogP contribution in [0.25, 0.3) is 0 Å². The van der Waals surface area contributed by atoms with Gasteiger partial charge in [0.05, 0.1) is 7.11 Å². The summed E-state index contributed by atoms with van der Waals surface area (Å²) < 4.78 is 4.59. The van der Waals surface area contributed by atoms with E-state index in [1.54, 1.807) is 0 Å². The highest BCUT2D eigenvalue weighted by Gasteiger charge is 2.16. The molecule has 2 heteroatoms. The molecule has 0 saturated carbocycles. The molecule has 0 aliphatic rings. The van der Waals surface area contributed by atoms with Gasteiger partial charge in [-0.05, 0) is 12.0 Å².